The third-order valence-electron chi connectivity index (χ3n) is 2.58. The van der Waals surface area contributed by atoms with Crippen molar-refractivity contribution in [2.75, 3.05) is 6.54 Å². The van der Waals surface area contributed by atoms with E-state index in [1.54, 1.807) is 0 Å². The topological polar surface area (TPSA) is 84.2 Å². The van der Waals surface area contributed by atoms with Crippen LogP contribution in [-0.4, -0.2) is 24.5 Å². The molecule has 5 heteroatoms. The Morgan fingerprint density at radius 1 is 1.27 bits per heavy atom. The molecule has 86 valence electrons. The van der Waals surface area contributed by atoms with Crippen LogP contribution >= 0.6 is 0 Å². The van der Waals surface area contributed by atoms with Gasteiger partial charge in [0.05, 0.1) is 0 Å². The largest absolute Gasteiger partial charge is 0.370 e. The Morgan fingerprint density at radius 3 is 2.53 bits per heavy atom. The molecule has 0 aliphatic heterocycles. The molecule has 5 nitrogen and oxygen atoms in total. The highest BCUT2D eigenvalue weighted by Gasteiger charge is 2.18. The Bertz CT molecular complexity index is 227. The number of amides is 3. The standard InChI is InChI=1S/C10H19N3O2/c11-9(14)6-1-2-7-12-10(15)13-8-4-3-5-8/h8H,1-7H2,(H2,11,14)(H2,12,13,15). The molecule has 15 heavy (non-hydrogen) atoms. The smallest absolute Gasteiger partial charge is 0.315 e. The normalized spacial score (nSPS) is 15.5. The van der Waals surface area contributed by atoms with Gasteiger partial charge in [-0.25, -0.2) is 4.79 Å². The lowest BCUT2D eigenvalue weighted by molar-refractivity contribution is -0.118. The molecule has 1 rings (SSSR count). The van der Waals surface area contributed by atoms with Gasteiger partial charge in [-0.1, -0.05) is 0 Å². The molecule has 0 aromatic carbocycles. The van der Waals surface area contributed by atoms with E-state index in [2.05, 4.69) is 10.6 Å². The Labute approximate surface area is 89.8 Å². The molecule has 1 aliphatic carbocycles. The molecule has 0 bridgehead atoms. The molecule has 0 saturated heterocycles. The van der Waals surface area contributed by atoms with Gasteiger partial charge in [0, 0.05) is 19.0 Å². The third-order valence-corrected chi connectivity index (χ3v) is 2.58. The first-order chi connectivity index (χ1) is 7.18. The Hall–Kier alpha value is -1.26. The zero-order chi connectivity index (χ0) is 11.1. The van der Waals surface area contributed by atoms with E-state index in [-0.39, 0.29) is 11.9 Å². The molecule has 1 saturated carbocycles. The van der Waals surface area contributed by atoms with Gasteiger partial charge in [0.25, 0.3) is 0 Å². The van der Waals surface area contributed by atoms with Crippen LogP contribution < -0.4 is 16.4 Å². The summed E-state index contributed by atoms with van der Waals surface area (Å²) in [6.45, 7) is 0.603. The fourth-order valence-corrected chi connectivity index (χ4v) is 1.42. The molecule has 0 radical (unpaired) electrons. The van der Waals surface area contributed by atoms with Crippen molar-refractivity contribution in [3.8, 4) is 0 Å². The molecule has 1 aliphatic rings. The molecule has 0 spiro atoms. The lowest BCUT2D eigenvalue weighted by Crippen LogP contribution is -2.45. The van der Waals surface area contributed by atoms with E-state index < -0.39 is 0 Å². The molecule has 4 N–H and O–H groups in total. The maximum Gasteiger partial charge on any atom is 0.315 e. The van der Waals surface area contributed by atoms with Crippen molar-refractivity contribution in [2.45, 2.75) is 44.6 Å². The van der Waals surface area contributed by atoms with Gasteiger partial charge in [-0.2, -0.15) is 0 Å². The second-order valence-electron chi connectivity index (χ2n) is 3.95. The van der Waals surface area contributed by atoms with Crippen molar-refractivity contribution in [2.24, 2.45) is 5.73 Å². The monoisotopic (exact) mass is 213 g/mol. The summed E-state index contributed by atoms with van der Waals surface area (Å²) in [4.78, 5) is 21.6. The molecule has 0 aromatic heterocycles. The number of primary amides is 1. The number of urea groups is 1. The summed E-state index contributed by atoms with van der Waals surface area (Å²) in [5.41, 5.74) is 4.99. The zero-order valence-corrected chi connectivity index (χ0v) is 8.92. The third kappa shape index (κ3) is 5.24. The highest BCUT2D eigenvalue weighted by Crippen LogP contribution is 2.17. The van der Waals surface area contributed by atoms with Gasteiger partial charge < -0.3 is 16.4 Å². The van der Waals surface area contributed by atoms with Crippen molar-refractivity contribution < 1.29 is 9.59 Å². The van der Waals surface area contributed by atoms with Gasteiger partial charge in [-0.3, -0.25) is 4.79 Å². The summed E-state index contributed by atoms with van der Waals surface area (Å²) >= 11 is 0. The number of hydrogen-bond acceptors (Lipinski definition) is 2. The average Bonchev–Trinajstić information content (AvgIpc) is 2.10. The molecule has 0 aromatic rings. The zero-order valence-electron chi connectivity index (χ0n) is 8.92. The van der Waals surface area contributed by atoms with Crippen molar-refractivity contribution >= 4 is 11.9 Å². The minimum atomic E-state index is -0.283. The van der Waals surface area contributed by atoms with Crippen molar-refractivity contribution in [1.29, 1.82) is 0 Å². The van der Waals surface area contributed by atoms with Gasteiger partial charge in [0.15, 0.2) is 0 Å². The maximum absolute atomic E-state index is 11.2. The summed E-state index contributed by atoms with van der Waals surface area (Å²) in [5.74, 6) is -0.283. The van der Waals surface area contributed by atoms with Gasteiger partial charge in [0.1, 0.15) is 0 Å². The fourth-order valence-electron chi connectivity index (χ4n) is 1.42. The van der Waals surface area contributed by atoms with E-state index in [0.29, 0.717) is 19.0 Å². The van der Waals surface area contributed by atoms with E-state index in [9.17, 15) is 9.59 Å². The average molecular weight is 213 g/mol. The van der Waals surface area contributed by atoms with Crippen LogP contribution in [0.5, 0.6) is 0 Å². The molecular weight excluding hydrogens is 194 g/mol. The van der Waals surface area contributed by atoms with Crippen LogP contribution in [0.2, 0.25) is 0 Å². The minimum absolute atomic E-state index is 0.0984. The van der Waals surface area contributed by atoms with Crippen molar-refractivity contribution in [1.82, 2.24) is 10.6 Å². The van der Waals surface area contributed by atoms with Crippen LogP contribution in [0, 0.1) is 0 Å². The van der Waals surface area contributed by atoms with Crippen LogP contribution in [-0.2, 0) is 4.79 Å². The number of hydrogen-bond donors (Lipinski definition) is 3. The predicted molar refractivity (Wildman–Crippen MR) is 57.2 cm³/mol. The minimum Gasteiger partial charge on any atom is -0.370 e. The number of carbonyl (C=O) groups excluding carboxylic acids is 2. The Balaban J connectivity index is 1.90. The van der Waals surface area contributed by atoms with Crippen LogP contribution in [0.3, 0.4) is 0 Å². The van der Waals surface area contributed by atoms with Crippen LogP contribution in [0.1, 0.15) is 38.5 Å². The van der Waals surface area contributed by atoms with Gasteiger partial charge in [-0.05, 0) is 32.1 Å². The molecule has 1 fully saturated rings. The van der Waals surface area contributed by atoms with E-state index >= 15 is 0 Å². The summed E-state index contributed by atoms with van der Waals surface area (Å²) in [6, 6.07) is 0.273. The number of carbonyl (C=O) groups is 2. The first-order valence-corrected chi connectivity index (χ1v) is 5.51. The molecule has 0 heterocycles. The Kier molecular flexibility index (Phi) is 4.93. The first-order valence-electron chi connectivity index (χ1n) is 5.51. The van der Waals surface area contributed by atoms with E-state index in [0.717, 1.165) is 25.7 Å². The maximum atomic E-state index is 11.2. The summed E-state index contributed by atoms with van der Waals surface area (Å²) < 4.78 is 0. The fraction of sp³-hybridized carbons (Fsp3) is 0.800. The van der Waals surface area contributed by atoms with Gasteiger partial charge >= 0.3 is 6.03 Å². The van der Waals surface area contributed by atoms with E-state index in [1.165, 1.54) is 6.42 Å². The van der Waals surface area contributed by atoms with Crippen LogP contribution in [0.15, 0.2) is 0 Å². The molecule has 3 amide bonds. The molecule has 0 unspecified atom stereocenters. The van der Waals surface area contributed by atoms with E-state index in [4.69, 9.17) is 5.73 Å². The molecular formula is C10H19N3O2. The highest BCUT2D eigenvalue weighted by molar-refractivity contribution is 5.74. The lowest BCUT2D eigenvalue weighted by atomic mass is 9.93. The predicted octanol–water partition coefficient (Wildman–Crippen LogP) is 0.494. The summed E-state index contributed by atoms with van der Waals surface area (Å²) in [6.07, 6.45) is 5.32. The second kappa shape index (κ2) is 6.27. The SMILES string of the molecule is NC(=O)CCCCNC(=O)NC1CCC1. The number of nitrogens with one attached hydrogen (secondary N) is 2. The highest BCUT2D eigenvalue weighted by atomic mass is 16.2. The number of rotatable bonds is 6. The van der Waals surface area contributed by atoms with Gasteiger partial charge in [0.2, 0.25) is 5.91 Å². The Morgan fingerprint density at radius 2 is 2.00 bits per heavy atom. The summed E-state index contributed by atoms with van der Waals surface area (Å²) in [5, 5.41) is 5.63. The number of unbranched alkanes of at least 4 members (excludes halogenated alkanes) is 1. The lowest BCUT2D eigenvalue weighted by Gasteiger charge is -2.26. The van der Waals surface area contributed by atoms with Crippen LogP contribution in [0.25, 0.3) is 0 Å². The van der Waals surface area contributed by atoms with Gasteiger partial charge in [-0.15, -0.1) is 0 Å². The first kappa shape index (κ1) is 11.8. The number of nitrogens with two attached hydrogens (primary N) is 1. The molecule has 0 atom stereocenters. The summed E-state index contributed by atoms with van der Waals surface area (Å²) in [7, 11) is 0. The second-order valence-corrected chi connectivity index (χ2v) is 3.95. The van der Waals surface area contributed by atoms with Crippen LogP contribution in [0.4, 0.5) is 4.79 Å². The van der Waals surface area contributed by atoms with Crippen molar-refractivity contribution in [3.05, 3.63) is 0 Å². The van der Waals surface area contributed by atoms with E-state index in [1.807, 2.05) is 0 Å². The van der Waals surface area contributed by atoms with Crippen molar-refractivity contribution in [3.63, 3.8) is 0 Å². The quantitative estimate of drug-likeness (QED) is 0.561.